The van der Waals surface area contributed by atoms with Gasteiger partial charge >= 0.3 is 0 Å². The Labute approximate surface area is 127 Å². The number of hydrogen-bond donors (Lipinski definition) is 0. The average molecular weight is 278 g/mol. The van der Waals surface area contributed by atoms with Gasteiger partial charge in [-0.15, -0.1) is 0 Å². The molecule has 1 saturated heterocycles. The lowest BCUT2D eigenvalue weighted by molar-refractivity contribution is 0.313. The van der Waals surface area contributed by atoms with Crippen molar-refractivity contribution in [2.45, 2.75) is 0 Å². The molecule has 1 aliphatic heterocycles. The van der Waals surface area contributed by atoms with Gasteiger partial charge in [0.15, 0.2) is 0 Å². The fraction of sp³-hybridized carbons (Fsp3) is 0.263. The highest BCUT2D eigenvalue weighted by Gasteiger charge is 2.13. The molecule has 0 radical (unpaired) electrons. The van der Waals surface area contributed by atoms with E-state index >= 15 is 0 Å². The van der Waals surface area contributed by atoms with Crippen LogP contribution >= 0.6 is 0 Å². The monoisotopic (exact) mass is 278 g/mol. The first-order chi connectivity index (χ1) is 10.3. The Bertz CT molecular complexity index is 590. The highest BCUT2D eigenvalue weighted by molar-refractivity contribution is 5.68. The number of benzene rings is 2. The summed E-state index contributed by atoms with van der Waals surface area (Å²) in [6.07, 6.45) is 1.88. The molecule has 1 heterocycles. The number of rotatable bonds is 3. The minimum atomic E-state index is 1.11. The minimum absolute atomic E-state index is 1.11. The van der Waals surface area contributed by atoms with E-state index in [1.165, 1.54) is 16.8 Å². The summed E-state index contributed by atoms with van der Waals surface area (Å²) >= 11 is 0. The van der Waals surface area contributed by atoms with Gasteiger partial charge in [0.2, 0.25) is 0 Å². The molecular formula is C19H22N2. The predicted molar refractivity (Wildman–Crippen MR) is 91.7 cm³/mol. The molecule has 0 spiro atoms. The lowest BCUT2D eigenvalue weighted by Gasteiger charge is -2.34. The van der Waals surface area contributed by atoms with Crippen LogP contribution in [0.5, 0.6) is 0 Å². The van der Waals surface area contributed by atoms with E-state index in [0.29, 0.717) is 0 Å². The summed E-state index contributed by atoms with van der Waals surface area (Å²) in [6, 6.07) is 17.4. The van der Waals surface area contributed by atoms with Crippen LogP contribution in [0.15, 0.2) is 55.1 Å². The van der Waals surface area contributed by atoms with E-state index in [1.807, 2.05) is 6.08 Å². The van der Waals surface area contributed by atoms with Gasteiger partial charge < -0.3 is 9.80 Å². The molecule has 2 aromatic carbocycles. The van der Waals surface area contributed by atoms with Gasteiger partial charge in [0.25, 0.3) is 0 Å². The Hall–Kier alpha value is -2.06. The van der Waals surface area contributed by atoms with Crippen LogP contribution in [0.4, 0.5) is 5.69 Å². The molecule has 2 aromatic rings. The van der Waals surface area contributed by atoms with Crippen molar-refractivity contribution in [2.75, 3.05) is 38.1 Å². The van der Waals surface area contributed by atoms with Crippen molar-refractivity contribution in [1.29, 1.82) is 0 Å². The van der Waals surface area contributed by atoms with Crippen LogP contribution in [-0.2, 0) is 0 Å². The Kier molecular flexibility index (Phi) is 4.07. The lowest BCUT2D eigenvalue weighted by atomic mass is 10.0. The van der Waals surface area contributed by atoms with Crippen LogP contribution in [0.2, 0.25) is 0 Å². The summed E-state index contributed by atoms with van der Waals surface area (Å²) in [7, 11) is 2.19. The first-order valence-electron chi connectivity index (χ1n) is 7.53. The minimum Gasteiger partial charge on any atom is -0.369 e. The fourth-order valence-corrected chi connectivity index (χ4v) is 2.74. The van der Waals surface area contributed by atoms with Crippen molar-refractivity contribution >= 4 is 11.8 Å². The second kappa shape index (κ2) is 6.15. The summed E-state index contributed by atoms with van der Waals surface area (Å²) in [6.45, 7) is 8.31. The second-order valence-electron chi connectivity index (χ2n) is 5.66. The molecule has 21 heavy (non-hydrogen) atoms. The van der Waals surface area contributed by atoms with Crippen molar-refractivity contribution in [2.24, 2.45) is 0 Å². The third kappa shape index (κ3) is 3.17. The summed E-state index contributed by atoms with van der Waals surface area (Å²) in [4.78, 5) is 4.84. The maximum Gasteiger partial charge on any atom is 0.0367 e. The van der Waals surface area contributed by atoms with E-state index in [4.69, 9.17) is 0 Å². The van der Waals surface area contributed by atoms with Crippen LogP contribution in [-0.4, -0.2) is 38.1 Å². The maximum atomic E-state index is 3.79. The summed E-state index contributed by atoms with van der Waals surface area (Å²) in [5.41, 5.74) is 5.01. The van der Waals surface area contributed by atoms with E-state index in [-0.39, 0.29) is 0 Å². The molecule has 0 N–H and O–H groups in total. The van der Waals surface area contributed by atoms with E-state index in [1.54, 1.807) is 0 Å². The van der Waals surface area contributed by atoms with E-state index in [9.17, 15) is 0 Å². The van der Waals surface area contributed by atoms with E-state index < -0.39 is 0 Å². The van der Waals surface area contributed by atoms with Crippen LogP contribution in [0, 0.1) is 0 Å². The van der Waals surface area contributed by atoms with Crippen molar-refractivity contribution in [3.8, 4) is 11.1 Å². The average Bonchev–Trinajstić information content (AvgIpc) is 2.56. The van der Waals surface area contributed by atoms with Crippen LogP contribution in [0.1, 0.15) is 5.56 Å². The highest BCUT2D eigenvalue weighted by Crippen LogP contribution is 2.24. The maximum absolute atomic E-state index is 3.79. The van der Waals surface area contributed by atoms with Crippen molar-refractivity contribution in [3.63, 3.8) is 0 Å². The molecule has 3 rings (SSSR count). The number of piperazine rings is 1. The van der Waals surface area contributed by atoms with Gasteiger partial charge in [0.05, 0.1) is 0 Å². The molecular weight excluding hydrogens is 256 g/mol. The van der Waals surface area contributed by atoms with Crippen molar-refractivity contribution in [1.82, 2.24) is 4.90 Å². The van der Waals surface area contributed by atoms with Gasteiger partial charge in [-0.3, -0.25) is 0 Å². The standard InChI is InChI=1S/C19H22N2/c1-3-16-4-6-17(7-5-16)18-8-10-19(11-9-18)21-14-12-20(2)13-15-21/h3-11H,1,12-15H2,2H3. The first-order valence-corrected chi connectivity index (χ1v) is 7.53. The smallest absolute Gasteiger partial charge is 0.0367 e. The molecule has 1 fully saturated rings. The molecule has 1 aliphatic rings. The number of anilines is 1. The molecule has 0 atom stereocenters. The Morgan fingerprint density at radius 2 is 1.33 bits per heavy atom. The quantitative estimate of drug-likeness (QED) is 0.843. The Morgan fingerprint density at radius 1 is 0.810 bits per heavy atom. The zero-order valence-corrected chi connectivity index (χ0v) is 12.6. The number of likely N-dealkylation sites (N-methyl/N-ethyl adjacent to an activating group) is 1. The van der Waals surface area contributed by atoms with Gasteiger partial charge in [-0.25, -0.2) is 0 Å². The summed E-state index contributed by atoms with van der Waals surface area (Å²) in [5, 5.41) is 0. The highest BCUT2D eigenvalue weighted by atomic mass is 15.2. The predicted octanol–water partition coefficient (Wildman–Crippen LogP) is 3.75. The van der Waals surface area contributed by atoms with Crippen molar-refractivity contribution in [3.05, 3.63) is 60.7 Å². The number of hydrogen-bond acceptors (Lipinski definition) is 2. The van der Waals surface area contributed by atoms with Crippen molar-refractivity contribution < 1.29 is 0 Å². The first kappa shape index (κ1) is 13.9. The van der Waals surface area contributed by atoms with E-state index in [2.05, 4.69) is 72.0 Å². The Balaban J connectivity index is 1.75. The number of nitrogens with zero attached hydrogens (tertiary/aromatic N) is 2. The fourth-order valence-electron chi connectivity index (χ4n) is 2.74. The van der Waals surface area contributed by atoms with Gasteiger partial charge in [-0.2, -0.15) is 0 Å². The Morgan fingerprint density at radius 3 is 1.86 bits per heavy atom. The largest absolute Gasteiger partial charge is 0.369 e. The zero-order chi connectivity index (χ0) is 14.7. The molecule has 0 saturated carbocycles. The van der Waals surface area contributed by atoms with Crippen LogP contribution in [0.25, 0.3) is 17.2 Å². The lowest BCUT2D eigenvalue weighted by Crippen LogP contribution is -2.44. The molecule has 0 amide bonds. The van der Waals surface area contributed by atoms with Crippen LogP contribution in [0.3, 0.4) is 0 Å². The van der Waals surface area contributed by atoms with Gasteiger partial charge in [-0.1, -0.05) is 49.1 Å². The molecule has 108 valence electrons. The normalized spacial score (nSPS) is 16.0. The zero-order valence-electron chi connectivity index (χ0n) is 12.6. The molecule has 0 aliphatic carbocycles. The molecule has 2 heteroatoms. The SMILES string of the molecule is C=Cc1ccc(-c2ccc(N3CCN(C)CC3)cc2)cc1. The van der Waals surface area contributed by atoms with Crippen LogP contribution < -0.4 is 4.90 Å². The van der Waals surface area contributed by atoms with E-state index in [0.717, 1.165) is 31.7 Å². The summed E-state index contributed by atoms with van der Waals surface area (Å²) in [5.74, 6) is 0. The van der Waals surface area contributed by atoms with Gasteiger partial charge in [0, 0.05) is 31.9 Å². The molecule has 2 nitrogen and oxygen atoms in total. The van der Waals surface area contributed by atoms with Gasteiger partial charge in [-0.05, 0) is 35.9 Å². The third-order valence-electron chi connectivity index (χ3n) is 4.22. The molecule has 0 unspecified atom stereocenters. The topological polar surface area (TPSA) is 6.48 Å². The molecule has 0 aromatic heterocycles. The second-order valence-corrected chi connectivity index (χ2v) is 5.66. The van der Waals surface area contributed by atoms with Gasteiger partial charge in [0.1, 0.15) is 0 Å². The molecule has 0 bridgehead atoms. The summed E-state index contributed by atoms with van der Waals surface area (Å²) < 4.78 is 0. The third-order valence-corrected chi connectivity index (χ3v) is 4.22.